The Morgan fingerprint density at radius 3 is 1.84 bits per heavy atom. The van der Waals surface area contributed by atoms with Crippen molar-refractivity contribution in [3.63, 3.8) is 0 Å². The number of allylic oxidation sites excluding steroid dienone is 1. The molecular formula is C17H36IN. The van der Waals surface area contributed by atoms with E-state index in [2.05, 4.69) is 40.0 Å². The predicted octanol–water partition coefficient (Wildman–Crippen LogP) is 2.17. The third-order valence-electron chi connectivity index (χ3n) is 4.10. The van der Waals surface area contributed by atoms with Gasteiger partial charge in [0.15, 0.2) is 0 Å². The van der Waals surface area contributed by atoms with Crippen LogP contribution in [0.4, 0.5) is 0 Å². The van der Waals surface area contributed by atoms with Gasteiger partial charge < -0.3 is 28.5 Å². The van der Waals surface area contributed by atoms with Gasteiger partial charge in [-0.25, -0.2) is 0 Å². The van der Waals surface area contributed by atoms with Crippen molar-refractivity contribution in [1.82, 2.24) is 0 Å². The van der Waals surface area contributed by atoms with Crippen LogP contribution in [-0.2, 0) is 0 Å². The Labute approximate surface area is 139 Å². The van der Waals surface area contributed by atoms with E-state index in [9.17, 15) is 0 Å². The van der Waals surface area contributed by atoms with Gasteiger partial charge in [-0.3, -0.25) is 0 Å². The minimum atomic E-state index is 0. The zero-order valence-corrected chi connectivity index (χ0v) is 15.9. The van der Waals surface area contributed by atoms with Crippen LogP contribution < -0.4 is 24.0 Å². The SMILES string of the molecule is CC=CC[N+](C)(CC)CCCCCCCCCC.[I-]. The van der Waals surface area contributed by atoms with Crippen molar-refractivity contribution >= 4 is 0 Å². The van der Waals surface area contributed by atoms with Crippen LogP contribution in [0.5, 0.6) is 0 Å². The highest BCUT2D eigenvalue weighted by Gasteiger charge is 2.15. The molecule has 0 N–H and O–H groups in total. The molecule has 0 amide bonds. The first kappa shape index (κ1) is 21.7. The number of unbranched alkanes of at least 4 members (excludes halogenated alkanes) is 7. The zero-order chi connectivity index (χ0) is 13.7. The molecule has 0 aliphatic carbocycles. The summed E-state index contributed by atoms with van der Waals surface area (Å²) in [5, 5.41) is 0. The average molecular weight is 381 g/mol. The minimum Gasteiger partial charge on any atom is -1.00 e. The molecule has 1 nitrogen and oxygen atoms in total. The number of nitrogens with zero attached hydrogens (tertiary/aromatic N) is 1. The molecule has 0 bridgehead atoms. The lowest BCUT2D eigenvalue weighted by Gasteiger charge is -2.32. The largest absolute Gasteiger partial charge is 1.00 e. The van der Waals surface area contributed by atoms with Crippen LogP contribution in [0.15, 0.2) is 12.2 Å². The van der Waals surface area contributed by atoms with Gasteiger partial charge >= 0.3 is 0 Å². The first-order valence-corrected chi connectivity index (χ1v) is 8.13. The van der Waals surface area contributed by atoms with E-state index in [-0.39, 0.29) is 24.0 Å². The molecule has 116 valence electrons. The molecule has 1 unspecified atom stereocenters. The Morgan fingerprint density at radius 1 is 0.842 bits per heavy atom. The highest BCUT2D eigenvalue weighted by Crippen LogP contribution is 2.11. The van der Waals surface area contributed by atoms with E-state index in [4.69, 9.17) is 0 Å². The molecule has 0 aromatic carbocycles. The average Bonchev–Trinajstić information content (AvgIpc) is 2.39. The molecule has 0 radical (unpaired) electrons. The maximum atomic E-state index is 2.39. The van der Waals surface area contributed by atoms with Crippen LogP contribution in [0, 0.1) is 0 Å². The summed E-state index contributed by atoms with van der Waals surface area (Å²) >= 11 is 0. The standard InChI is InChI=1S/C17H36N.HI/c1-5-8-10-11-12-13-14-15-17-18(4,7-3)16-9-6-2;/h6,9H,5,7-8,10-17H2,1-4H3;1H/q+1;/p-1. The highest BCUT2D eigenvalue weighted by atomic mass is 127. The smallest absolute Gasteiger partial charge is 0.0971 e. The molecule has 0 aromatic rings. The Hall–Kier alpha value is 0.430. The number of hydrogen-bond acceptors (Lipinski definition) is 0. The molecule has 0 aliphatic heterocycles. The molecule has 0 aliphatic rings. The van der Waals surface area contributed by atoms with E-state index in [1.54, 1.807) is 0 Å². The van der Waals surface area contributed by atoms with Gasteiger partial charge in [0, 0.05) is 0 Å². The van der Waals surface area contributed by atoms with Crippen molar-refractivity contribution in [3.8, 4) is 0 Å². The Morgan fingerprint density at radius 2 is 1.37 bits per heavy atom. The fourth-order valence-electron chi connectivity index (χ4n) is 2.37. The molecule has 0 fully saturated rings. The first-order chi connectivity index (χ1) is 8.68. The highest BCUT2D eigenvalue weighted by molar-refractivity contribution is 4.76. The van der Waals surface area contributed by atoms with Gasteiger partial charge in [-0.1, -0.05) is 51.5 Å². The Balaban J connectivity index is 0. The molecule has 19 heavy (non-hydrogen) atoms. The van der Waals surface area contributed by atoms with E-state index >= 15 is 0 Å². The zero-order valence-electron chi connectivity index (χ0n) is 13.8. The molecular weight excluding hydrogens is 345 g/mol. The van der Waals surface area contributed by atoms with Crippen LogP contribution in [0.3, 0.4) is 0 Å². The van der Waals surface area contributed by atoms with Gasteiger partial charge in [0.05, 0.1) is 26.7 Å². The number of quaternary nitrogens is 1. The van der Waals surface area contributed by atoms with Crippen LogP contribution in [-0.4, -0.2) is 31.2 Å². The van der Waals surface area contributed by atoms with E-state index < -0.39 is 0 Å². The van der Waals surface area contributed by atoms with Crippen LogP contribution in [0.2, 0.25) is 0 Å². The molecule has 0 rings (SSSR count). The first-order valence-electron chi connectivity index (χ1n) is 8.13. The summed E-state index contributed by atoms with van der Waals surface area (Å²) in [4.78, 5) is 0. The summed E-state index contributed by atoms with van der Waals surface area (Å²) in [6.45, 7) is 10.5. The van der Waals surface area contributed by atoms with Gasteiger partial charge in [0.25, 0.3) is 0 Å². The number of halogens is 1. The van der Waals surface area contributed by atoms with Crippen LogP contribution >= 0.6 is 0 Å². The van der Waals surface area contributed by atoms with E-state index in [0.717, 1.165) is 0 Å². The molecule has 0 aromatic heterocycles. The summed E-state index contributed by atoms with van der Waals surface area (Å²) in [6.07, 6.45) is 15.9. The molecule has 1 atom stereocenters. The van der Waals surface area contributed by atoms with Gasteiger partial charge in [0.1, 0.15) is 0 Å². The van der Waals surface area contributed by atoms with Crippen molar-refractivity contribution in [2.45, 2.75) is 72.1 Å². The number of rotatable bonds is 12. The van der Waals surface area contributed by atoms with Crippen molar-refractivity contribution in [3.05, 3.63) is 12.2 Å². The normalized spacial score (nSPS) is 14.3. The quantitative estimate of drug-likeness (QED) is 0.210. The van der Waals surface area contributed by atoms with E-state index in [1.165, 1.54) is 75.5 Å². The summed E-state index contributed by atoms with van der Waals surface area (Å²) in [5.41, 5.74) is 0. The second kappa shape index (κ2) is 14.8. The van der Waals surface area contributed by atoms with E-state index in [1.807, 2.05) is 0 Å². The van der Waals surface area contributed by atoms with Gasteiger partial charge in [-0.05, 0) is 32.8 Å². The monoisotopic (exact) mass is 381 g/mol. The third kappa shape index (κ3) is 13.2. The number of hydrogen-bond donors (Lipinski definition) is 0. The van der Waals surface area contributed by atoms with E-state index in [0.29, 0.717) is 0 Å². The fourth-order valence-corrected chi connectivity index (χ4v) is 2.37. The Kier molecular flexibility index (Phi) is 17.0. The van der Waals surface area contributed by atoms with Crippen molar-refractivity contribution in [2.24, 2.45) is 0 Å². The van der Waals surface area contributed by atoms with Gasteiger partial charge in [0.2, 0.25) is 0 Å². The lowest BCUT2D eigenvalue weighted by Crippen LogP contribution is -3.00. The minimum absolute atomic E-state index is 0. The maximum absolute atomic E-state index is 2.39. The lowest BCUT2D eigenvalue weighted by molar-refractivity contribution is -0.902. The summed E-state index contributed by atoms with van der Waals surface area (Å²) in [6, 6.07) is 0. The fraction of sp³-hybridized carbons (Fsp3) is 0.882. The van der Waals surface area contributed by atoms with Crippen molar-refractivity contribution in [2.75, 3.05) is 26.7 Å². The molecule has 0 heterocycles. The van der Waals surface area contributed by atoms with Crippen molar-refractivity contribution in [1.29, 1.82) is 0 Å². The van der Waals surface area contributed by atoms with Gasteiger partial charge in [-0.15, -0.1) is 0 Å². The summed E-state index contributed by atoms with van der Waals surface area (Å²) < 4.78 is 1.21. The molecule has 0 saturated heterocycles. The third-order valence-corrected chi connectivity index (χ3v) is 4.10. The van der Waals surface area contributed by atoms with Crippen LogP contribution in [0.1, 0.15) is 72.1 Å². The Bertz CT molecular complexity index is 203. The van der Waals surface area contributed by atoms with Gasteiger partial charge in [-0.2, -0.15) is 0 Å². The number of likely N-dealkylation sites (N-methyl/N-ethyl adjacent to an activating group) is 1. The predicted molar refractivity (Wildman–Crippen MR) is 83.9 cm³/mol. The molecule has 0 saturated carbocycles. The molecule has 2 heteroatoms. The summed E-state index contributed by atoms with van der Waals surface area (Å²) in [7, 11) is 2.39. The molecule has 0 spiro atoms. The summed E-state index contributed by atoms with van der Waals surface area (Å²) in [5.74, 6) is 0. The lowest BCUT2D eigenvalue weighted by atomic mass is 10.1. The second-order valence-corrected chi connectivity index (χ2v) is 5.89. The second-order valence-electron chi connectivity index (χ2n) is 5.89. The van der Waals surface area contributed by atoms with Crippen molar-refractivity contribution < 1.29 is 28.5 Å². The van der Waals surface area contributed by atoms with Crippen LogP contribution in [0.25, 0.3) is 0 Å². The topological polar surface area (TPSA) is 0 Å². The maximum Gasteiger partial charge on any atom is 0.0971 e.